The van der Waals surface area contributed by atoms with E-state index in [1.54, 1.807) is 6.26 Å². The normalized spacial score (nSPS) is 16.2. The molecular formula is C9H14N2O2. The zero-order valence-corrected chi connectivity index (χ0v) is 8.15. The Labute approximate surface area is 78.2 Å². The van der Waals surface area contributed by atoms with E-state index in [0.717, 1.165) is 6.42 Å². The molecule has 0 saturated heterocycles. The highest BCUT2D eigenvalue weighted by Gasteiger charge is 2.15. The lowest BCUT2D eigenvalue weighted by molar-refractivity contribution is 0.117. The summed E-state index contributed by atoms with van der Waals surface area (Å²) in [5.41, 5.74) is 0. The van der Waals surface area contributed by atoms with E-state index < -0.39 is 0 Å². The van der Waals surface area contributed by atoms with Crippen LogP contribution in [0.15, 0.2) is 4.99 Å². The van der Waals surface area contributed by atoms with Crippen LogP contribution in [0.5, 0.6) is 0 Å². The highest BCUT2D eigenvalue weighted by atomic mass is 16.5. The maximum absolute atomic E-state index is 9.92. The molecule has 0 aliphatic heterocycles. The molecule has 0 bridgehead atoms. The molecule has 0 aromatic rings. The van der Waals surface area contributed by atoms with Crippen LogP contribution in [0.3, 0.4) is 0 Å². The van der Waals surface area contributed by atoms with E-state index in [0.29, 0.717) is 0 Å². The fraction of sp³-hybridized carbons (Fsp3) is 0.778. The summed E-state index contributed by atoms with van der Waals surface area (Å²) in [7, 11) is 0. The predicted molar refractivity (Wildman–Crippen MR) is 47.5 cm³/mol. The number of carbonyl (C=O) groups excluding carboxylic acids is 1. The van der Waals surface area contributed by atoms with Crippen LogP contribution >= 0.6 is 0 Å². The Morgan fingerprint density at radius 1 is 1.46 bits per heavy atom. The number of nitriles is 1. The summed E-state index contributed by atoms with van der Waals surface area (Å²) in [6, 6.07) is -0.0581. The molecule has 0 aromatic carbocycles. The quantitative estimate of drug-likeness (QED) is 0.368. The molecule has 0 heterocycles. The third-order valence-corrected chi connectivity index (χ3v) is 2.03. The lowest BCUT2D eigenvalue weighted by atomic mass is 9.98. The van der Waals surface area contributed by atoms with Crippen molar-refractivity contribution in [3.63, 3.8) is 0 Å². The Morgan fingerprint density at radius 2 is 2.08 bits per heavy atom. The maximum atomic E-state index is 9.92. The topological polar surface area (TPSA) is 62.4 Å². The Bertz CT molecular complexity index is 228. The molecular weight excluding hydrogens is 168 g/mol. The van der Waals surface area contributed by atoms with E-state index in [1.807, 2.05) is 20.8 Å². The second-order valence-electron chi connectivity index (χ2n) is 3.20. The van der Waals surface area contributed by atoms with Crippen molar-refractivity contribution in [1.29, 1.82) is 5.26 Å². The van der Waals surface area contributed by atoms with Crippen LogP contribution in [0.2, 0.25) is 0 Å². The van der Waals surface area contributed by atoms with Crippen LogP contribution in [-0.2, 0) is 9.53 Å². The Balaban J connectivity index is 3.92. The minimum absolute atomic E-state index is 0.0581. The molecule has 0 rings (SSSR count). The number of rotatable bonds is 5. The summed E-state index contributed by atoms with van der Waals surface area (Å²) in [6.45, 7) is 5.62. The van der Waals surface area contributed by atoms with Gasteiger partial charge in [0, 0.05) is 0 Å². The van der Waals surface area contributed by atoms with E-state index in [2.05, 4.69) is 4.99 Å². The van der Waals surface area contributed by atoms with Crippen molar-refractivity contribution in [1.82, 2.24) is 0 Å². The SMILES string of the molecule is CC(CC(C)C(C)OC#N)N=C=O. The largest absolute Gasteiger partial charge is 0.424 e. The lowest BCUT2D eigenvalue weighted by Gasteiger charge is -2.18. The maximum Gasteiger partial charge on any atom is 0.286 e. The first-order valence-electron chi connectivity index (χ1n) is 4.23. The molecule has 0 N–H and O–H groups in total. The first kappa shape index (κ1) is 11.7. The average molecular weight is 182 g/mol. The van der Waals surface area contributed by atoms with Crippen molar-refractivity contribution < 1.29 is 9.53 Å². The second kappa shape index (κ2) is 6.22. The van der Waals surface area contributed by atoms with Crippen LogP contribution in [0, 0.1) is 17.4 Å². The van der Waals surface area contributed by atoms with Crippen LogP contribution in [-0.4, -0.2) is 18.2 Å². The average Bonchev–Trinajstić information content (AvgIpc) is 2.05. The van der Waals surface area contributed by atoms with Crippen molar-refractivity contribution >= 4 is 6.08 Å². The number of hydrogen-bond donors (Lipinski definition) is 0. The van der Waals surface area contributed by atoms with Crippen molar-refractivity contribution in [3.05, 3.63) is 0 Å². The molecule has 0 aromatic heterocycles. The third-order valence-electron chi connectivity index (χ3n) is 2.03. The van der Waals surface area contributed by atoms with Crippen molar-refractivity contribution in [2.75, 3.05) is 0 Å². The second-order valence-corrected chi connectivity index (χ2v) is 3.20. The highest BCUT2D eigenvalue weighted by molar-refractivity contribution is 5.33. The van der Waals surface area contributed by atoms with Crippen molar-refractivity contribution in [2.24, 2.45) is 10.9 Å². The number of hydrogen-bond acceptors (Lipinski definition) is 4. The standard InChI is InChI=1S/C9H14N2O2/c1-7(9(3)13-5-10)4-8(2)11-6-12/h7-9H,4H2,1-3H3. The number of ether oxygens (including phenoxy) is 1. The summed E-state index contributed by atoms with van der Waals surface area (Å²) in [6.07, 6.45) is 3.75. The summed E-state index contributed by atoms with van der Waals surface area (Å²) in [5.74, 6) is 0.201. The first-order chi connectivity index (χ1) is 6.11. The smallest absolute Gasteiger partial charge is 0.286 e. The van der Waals surface area contributed by atoms with Gasteiger partial charge in [0.15, 0.2) is 0 Å². The Hall–Kier alpha value is -1.33. The molecule has 4 nitrogen and oxygen atoms in total. The van der Waals surface area contributed by atoms with E-state index in [1.165, 1.54) is 6.08 Å². The molecule has 0 aliphatic carbocycles. The fourth-order valence-electron chi connectivity index (χ4n) is 1.07. The molecule has 0 aliphatic rings. The van der Waals surface area contributed by atoms with Crippen molar-refractivity contribution in [3.8, 4) is 6.26 Å². The van der Waals surface area contributed by atoms with E-state index in [4.69, 9.17) is 10.00 Å². The molecule has 13 heavy (non-hydrogen) atoms. The summed E-state index contributed by atoms with van der Waals surface area (Å²) < 4.78 is 4.75. The number of isocyanates is 1. The number of nitrogens with zero attached hydrogens (tertiary/aromatic N) is 2. The molecule has 3 unspecified atom stereocenters. The summed E-state index contributed by atoms with van der Waals surface area (Å²) in [4.78, 5) is 13.5. The molecule has 4 heteroatoms. The minimum atomic E-state index is -0.130. The minimum Gasteiger partial charge on any atom is -0.424 e. The molecule has 3 atom stereocenters. The number of aliphatic imine (C=N–C) groups is 1. The fourth-order valence-corrected chi connectivity index (χ4v) is 1.07. The molecule has 0 amide bonds. The first-order valence-corrected chi connectivity index (χ1v) is 4.23. The van der Waals surface area contributed by atoms with E-state index in [-0.39, 0.29) is 18.1 Å². The zero-order valence-electron chi connectivity index (χ0n) is 8.15. The molecule has 72 valence electrons. The van der Waals surface area contributed by atoms with Crippen LogP contribution < -0.4 is 0 Å². The van der Waals surface area contributed by atoms with E-state index >= 15 is 0 Å². The predicted octanol–water partition coefficient (Wildman–Crippen LogP) is 1.62. The van der Waals surface area contributed by atoms with Crippen molar-refractivity contribution in [2.45, 2.75) is 39.3 Å². The summed E-state index contributed by atoms with van der Waals surface area (Å²) >= 11 is 0. The van der Waals surface area contributed by atoms with E-state index in [9.17, 15) is 4.79 Å². The Morgan fingerprint density at radius 3 is 2.54 bits per heavy atom. The van der Waals surface area contributed by atoms with Crippen LogP contribution in [0.4, 0.5) is 0 Å². The van der Waals surface area contributed by atoms with Crippen LogP contribution in [0.1, 0.15) is 27.2 Å². The Kier molecular flexibility index (Phi) is 5.58. The monoisotopic (exact) mass is 182 g/mol. The van der Waals surface area contributed by atoms with Gasteiger partial charge >= 0.3 is 0 Å². The van der Waals surface area contributed by atoms with Gasteiger partial charge in [-0.2, -0.15) is 5.26 Å². The molecule has 0 radical (unpaired) electrons. The van der Waals surface area contributed by atoms with Gasteiger partial charge in [-0.25, -0.2) is 9.79 Å². The highest BCUT2D eigenvalue weighted by Crippen LogP contribution is 2.14. The van der Waals surface area contributed by atoms with Crippen LogP contribution in [0.25, 0.3) is 0 Å². The van der Waals surface area contributed by atoms with Gasteiger partial charge in [-0.3, -0.25) is 0 Å². The lowest BCUT2D eigenvalue weighted by Crippen LogP contribution is -2.19. The summed E-state index contributed by atoms with van der Waals surface area (Å²) in [5, 5.41) is 8.27. The molecule has 0 fully saturated rings. The third kappa shape index (κ3) is 5.00. The molecule has 0 saturated carbocycles. The van der Waals surface area contributed by atoms with Gasteiger partial charge in [0.1, 0.15) is 6.10 Å². The van der Waals surface area contributed by atoms with Gasteiger partial charge in [0.05, 0.1) is 6.04 Å². The van der Waals surface area contributed by atoms with Gasteiger partial charge in [-0.1, -0.05) is 6.92 Å². The van der Waals surface area contributed by atoms with Gasteiger partial charge in [-0.05, 0) is 26.2 Å². The zero-order chi connectivity index (χ0) is 10.3. The molecule has 0 spiro atoms. The van der Waals surface area contributed by atoms with Gasteiger partial charge < -0.3 is 4.74 Å². The van der Waals surface area contributed by atoms with Gasteiger partial charge in [0.25, 0.3) is 6.26 Å². The van der Waals surface area contributed by atoms with Gasteiger partial charge in [-0.15, -0.1) is 0 Å². The van der Waals surface area contributed by atoms with Gasteiger partial charge in [0.2, 0.25) is 6.08 Å².